The molecule has 2 saturated carbocycles. The van der Waals surface area contributed by atoms with E-state index in [0.29, 0.717) is 24.2 Å². The highest BCUT2D eigenvalue weighted by atomic mass is 16.6. The number of likely N-dealkylation sites (tertiary alicyclic amines) is 1. The van der Waals surface area contributed by atoms with Crippen LogP contribution in [0.25, 0.3) is 0 Å². The van der Waals surface area contributed by atoms with Crippen molar-refractivity contribution in [3.8, 4) is 0 Å². The van der Waals surface area contributed by atoms with E-state index >= 15 is 0 Å². The SMILES string of the molecule is CC1OC(=O)NC12CC(C(=O)N1CC3(CCC(c4cccc(C(C)(C)C)c4)C3)C1)C2. The molecule has 5 nitrogen and oxygen atoms in total. The van der Waals surface area contributed by atoms with Gasteiger partial charge in [0, 0.05) is 24.4 Å². The van der Waals surface area contributed by atoms with Crippen molar-refractivity contribution in [3.05, 3.63) is 35.4 Å². The van der Waals surface area contributed by atoms with Crippen LogP contribution in [0.1, 0.15) is 76.8 Å². The third-order valence-electron chi connectivity index (χ3n) is 8.27. The predicted octanol–water partition coefficient (Wildman–Crippen LogP) is 4.36. The number of amides is 2. The van der Waals surface area contributed by atoms with Gasteiger partial charge < -0.3 is 15.0 Å². The molecule has 2 spiro atoms. The van der Waals surface area contributed by atoms with Crippen LogP contribution in [-0.2, 0) is 14.9 Å². The molecule has 162 valence electrons. The third-order valence-corrected chi connectivity index (χ3v) is 8.27. The van der Waals surface area contributed by atoms with Gasteiger partial charge in [-0.1, -0.05) is 45.0 Å². The third kappa shape index (κ3) is 3.12. The minimum Gasteiger partial charge on any atom is -0.444 e. The second kappa shape index (κ2) is 6.48. The molecule has 0 aromatic heterocycles. The summed E-state index contributed by atoms with van der Waals surface area (Å²) in [6, 6.07) is 9.13. The van der Waals surface area contributed by atoms with Crippen molar-refractivity contribution in [3.63, 3.8) is 0 Å². The molecule has 5 heteroatoms. The Balaban J connectivity index is 1.17. The minimum absolute atomic E-state index is 0.0347. The second-order valence-electron chi connectivity index (χ2n) is 11.4. The topological polar surface area (TPSA) is 58.6 Å². The van der Waals surface area contributed by atoms with E-state index in [-0.39, 0.29) is 35.0 Å². The number of nitrogens with zero attached hydrogens (tertiary/aromatic N) is 1. The van der Waals surface area contributed by atoms with Gasteiger partial charge in [0.05, 0.1) is 5.54 Å². The summed E-state index contributed by atoms with van der Waals surface area (Å²) in [6.45, 7) is 10.5. The standard InChI is InChI=1S/C25H34N2O3/c1-16-25(26-22(29)30-16)12-19(13-25)21(28)27-14-24(15-27)9-8-18(11-24)17-6-5-7-20(10-17)23(2,3)4/h5-7,10,16,18-19H,8-9,11-15H2,1-4H3,(H,26,29). The number of ether oxygens (including phenoxy) is 1. The molecule has 1 N–H and O–H groups in total. The number of benzene rings is 1. The van der Waals surface area contributed by atoms with Gasteiger partial charge in [0.2, 0.25) is 5.91 Å². The molecule has 30 heavy (non-hydrogen) atoms. The molecule has 2 amide bonds. The number of alkyl carbamates (subject to hydrolysis) is 1. The van der Waals surface area contributed by atoms with Crippen LogP contribution in [0.2, 0.25) is 0 Å². The maximum atomic E-state index is 13.0. The summed E-state index contributed by atoms with van der Waals surface area (Å²) in [5, 5.41) is 2.93. The van der Waals surface area contributed by atoms with Crippen LogP contribution in [0.3, 0.4) is 0 Å². The number of hydrogen-bond donors (Lipinski definition) is 1. The summed E-state index contributed by atoms with van der Waals surface area (Å²) in [5.74, 6) is 0.925. The number of carbonyl (C=O) groups is 2. The molecule has 2 heterocycles. The first-order valence-electron chi connectivity index (χ1n) is 11.5. The lowest BCUT2D eigenvalue weighted by atomic mass is 9.64. The molecule has 0 radical (unpaired) electrons. The van der Waals surface area contributed by atoms with Crippen molar-refractivity contribution in [2.24, 2.45) is 11.3 Å². The van der Waals surface area contributed by atoms with Gasteiger partial charge in [-0.2, -0.15) is 0 Å². The van der Waals surface area contributed by atoms with Gasteiger partial charge in [-0.05, 0) is 61.5 Å². The second-order valence-corrected chi connectivity index (χ2v) is 11.4. The quantitative estimate of drug-likeness (QED) is 0.788. The average molecular weight is 411 g/mol. The van der Waals surface area contributed by atoms with Crippen LogP contribution in [0.5, 0.6) is 0 Å². The van der Waals surface area contributed by atoms with Gasteiger partial charge in [-0.3, -0.25) is 4.79 Å². The number of cyclic esters (lactones) is 1. The molecule has 2 aliphatic heterocycles. The lowest BCUT2D eigenvalue weighted by Crippen LogP contribution is -2.64. The summed E-state index contributed by atoms with van der Waals surface area (Å²) in [5.41, 5.74) is 3.06. The Kier molecular flexibility index (Phi) is 4.30. The summed E-state index contributed by atoms with van der Waals surface area (Å²) in [6.07, 6.45) is 4.58. The summed E-state index contributed by atoms with van der Waals surface area (Å²) < 4.78 is 5.23. The van der Waals surface area contributed by atoms with Gasteiger partial charge in [0.1, 0.15) is 6.10 Å². The number of nitrogens with one attached hydrogen (secondary N) is 1. The zero-order valence-electron chi connectivity index (χ0n) is 18.7. The lowest BCUT2D eigenvalue weighted by Gasteiger charge is -2.53. The molecule has 1 aromatic rings. The van der Waals surface area contributed by atoms with Crippen LogP contribution < -0.4 is 5.32 Å². The fourth-order valence-corrected chi connectivity index (χ4v) is 6.25. The highest BCUT2D eigenvalue weighted by Crippen LogP contribution is 2.53. The Morgan fingerprint density at radius 3 is 2.57 bits per heavy atom. The summed E-state index contributed by atoms with van der Waals surface area (Å²) in [4.78, 5) is 26.5. The summed E-state index contributed by atoms with van der Waals surface area (Å²) >= 11 is 0. The van der Waals surface area contributed by atoms with E-state index in [0.717, 1.165) is 13.1 Å². The van der Waals surface area contributed by atoms with Crippen LogP contribution in [0.4, 0.5) is 4.79 Å². The van der Waals surface area contributed by atoms with Crippen molar-refractivity contribution >= 4 is 12.0 Å². The molecule has 4 aliphatic rings. The molecule has 1 aromatic carbocycles. The number of hydrogen-bond acceptors (Lipinski definition) is 3. The van der Waals surface area contributed by atoms with Gasteiger partial charge in [0.15, 0.2) is 0 Å². The van der Waals surface area contributed by atoms with E-state index in [1.165, 1.54) is 30.4 Å². The number of rotatable bonds is 2. The smallest absolute Gasteiger partial charge is 0.408 e. The van der Waals surface area contributed by atoms with Crippen molar-refractivity contribution in [2.75, 3.05) is 13.1 Å². The Bertz CT molecular complexity index is 875. The molecule has 2 unspecified atom stereocenters. The van der Waals surface area contributed by atoms with Crippen LogP contribution in [0, 0.1) is 11.3 Å². The molecular weight excluding hydrogens is 376 g/mol. The fraction of sp³-hybridized carbons (Fsp3) is 0.680. The van der Waals surface area contributed by atoms with Crippen molar-refractivity contribution < 1.29 is 14.3 Å². The van der Waals surface area contributed by atoms with Gasteiger partial charge in [-0.15, -0.1) is 0 Å². The minimum atomic E-state index is -0.344. The van der Waals surface area contributed by atoms with E-state index in [2.05, 4.69) is 55.3 Å². The normalized spacial score (nSPS) is 34.5. The van der Waals surface area contributed by atoms with Gasteiger partial charge in [0.25, 0.3) is 0 Å². The van der Waals surface area contributed by atoms with E-state index in [1.807, 2.05) is 6.92 Å². The van der Waals surface area contributed by atoms with E-state index < -0.39 is 0 Å². The van der Waals surface area contributed by atoms with Crippen molar-refractivity contribution in [1.82, 2.24) is 10.2 Å². The monoisotopic (exact) mass is 410 g/mol. The zero-order valence-corrected chi connectivity index (χ0v) is 18.7. The van der Waals surface area contributed by atoms with Crippen molar-refractivity contribution in [1.29, 1.82) is 0 Å². The van der Waals surface area contributed by atoms with Crippen LogP contribution >= 0.6 is 0 Å². The van der Waals surface area contributed by atoms with Crippen molar-refractivity contribution in [2.45, 2.75) is 82.8 Å². The zero-order chi connectivity index (χ0) is 21.3. The molecule has 4 fully saturated rings. The Morgan fingerprint density at radius 2 is 1.93 bits per heavy atom. The van der Waals surface area contributed by atoms with E-state index in [4.69, 9.17) is 4.74 Å². The fourth-order valence-electron chi connectivity index (χ4n) is 6.25. The largest absolute Gasteiger partial charge is 0.444 e. The molecule has 5 rings (SSSR count). The Hall–Kier alpha value is -2.04. The first-order valence-corrected chi connectivity index (χ1v) is 11.5. The van der Waals surface area contributed by atoms with Crippen LogP contribution in [0.15, 0.2) is 24.3 Å². The van der Waals surface area contributed by atoms with E-state index in [1.54, 1.807) is 0 Å². The Labute approximate surface area is 179 Å². The molecular formula is C25H34N2O3. The first kappa shape index (κ1) is 19.9. The predicted molar refractivity (Wildman–Crippen MR) is 115 cm³/mol. The first-order chi connectivity index (χ1) is 14.1. The Morgan fingerprint density at radius 1 is 1.20 bits per heavy atom. The highest BCUT2D eigenvalue weighted by Gasteiger charge is 2.59. The molecule has 2 atom stereocenters. The maximum absolute atomic E-state index is 13.0. The van der Waals surface area contributed by atoms with Gasteiger partial charge in [-0.25, -0.2) is 4.79 Å². The van der Waals surface area contributed by atoms with Crippen LogP contribution in [-0.4, -0.2) is 41.6 Å². The highest BCUT2D eigenvalue weighted by molar-refractivity contribution is 5.82. The molecule has 0 bridgehead atoms. The average Bonchev–Trinajstić information content (AvgIpc) is 3.19. The van der Waals surface area contributed by atoms with E-state index in [9.17, 15) is 9.59 Å². The summed E-state index contributed by atoms with van der Waals surface area (Å²) in [7, 11) is 0. The van der Waals surface area contributed by atoms with Gasteiger partial charge >= 0.3 is 6.09 Å². The maximum Gasteiger partial charge on any atom is 0.408 e. The molecule has 2 aliphatic carbocycles. The number of carbonyl (C=O) groups excluding carboxylic acids is 2. The lowest BCUT2D eigenvalue weighted by molar-refractivity contribution is -0.154. The molecule has 2 saturated heterocycles.